The first-order chi connectivity index (χ1) is 17.5. The summed E-state index contributed by atoms with van der Waals surface area (Å²) in [5.41, 5.74) is 1.31. The van der Waals surface area contributed by atoms with Crippen molar-refractivity contribution in [1.82, 2.24) is 15.1 Å². The van der Waals surface area contributed by atoms with Crippen LogP contribution >= 0.6 is 0 Å². The number of anilines is 1. The van der Waals surface area contributed by atoms with Crippen molar-refractivity contribution in [2.45, 2.75) is 6.42 Å². The van der Waals surface area contributed by atoms with Gasteiger partial charge in [0.05, 0.1) is 13.0 Å². The van der Waals surface area contributed by atoms with E-state index in [1.54, 1.807) is 30.2 Å². The van der Waals surface area contributed by atoms with Gasteiger partial charge in [-0.3, -0.25) is 19.3 Å². The van der Waals surface area contributed by atoms with Crippen LogP contribution < -0.4 is 24.4 Å². The first kappa shape index (κ1) is 23.9. The monoisotopic (exact) mass is 494 g/mol. The number of fused-ring (bicyclic) bond motifs is 1. The first-order valence-corrected chi connectivity index (χ1v) is 12.2. The molecule has 0 radical (unpaired) electrons. The molecule has 5 rings (SSSR count). The molecule has 1 unspecified atom stereocenters. The van der Waals surface area contributed by atoms with Gasteiger partial charge in [0.1, 0.15) is 5.75 Å². The quantitative estimate of drug-likeness (QED) is 0.620. The number of hydrogen-bond acceptors (Lipinski definition) is 7. The van der Waals surface area contributed by atoms with E-state index in [0.717, 1.165) is 24.5 Å². The van der Waals surface area contributed by atoms with Crippen LogP contribution in [0, 0.1) is 5.92 Å². The van der Waals surface area contributed by atoms with Gasteiger partial charge in [0.15, 0.2) is 11.5 Å². The Labute approximate surface area is 209 Å². The summed E-state index contributed by atoms with van der Waals surface area (Å²) in [6, 6.07) is 12.5. The molecule has 3 amide bonds. The molecule has 0 bridgehead atoms. The second-order valence-corrected chi connectivity index (χ2v) is 9.09. The van der Waals surface area contributed by atoms with Crippen molar-refractivity contribution in [2.75, 3.05) is 64.6 Å². The Balaban J connectivity index is 1.05. The van der Waals surface area contributed by atoms with Crippen LogP contribution in [-0.4, -0.2) is 87.2 Å². The lowest BCUT2D eigenvalue weighted by Crippen LogP contribution is -2.51. The fourth-order valence-corrected chi connectivity index (χ4v) is 4.80. The smallest absolute Gasteiger partial charge is 0.251 e. The summed E-state index contributed by atoms with van der Waals surface area (Å²) < 4.78 is 15.8. The van der Waals surface area contributed by atoms with Crippen LogP contribution in [0.4, 0.5) is 5.69 Å². The summed E-state index contributed by atoms with van der Waals surface area (Å²) in [5.74, 6) is 1.48. The molecule has 2 aromatic rings. The number of nitrogens with zero attached hydrogens (tertiary/aromatic N) is 3. The average molecular weight is 495 g/mol. The number of ether oxygens (including phenoxy) is 3. The van der Waals surface area contributed by atoms with Crippen LogP contribution in [0.15, 0.2) is 42.5 Å². The Hall–Kier alpha value is -3.79. The van der Waals surface area contributed by atoms with Crippen molar-refractivity contribution in [3.05, 3.63) is 48.0 Å². The van der Waals surface area contributed by atoms with Crippen molar-refractivity contribution >= 4 is 23.4 Å². The molecule has 3 heterocycles. The predicted octanol–water partition coefficient (Wildman–Crippen LogP) is 1.35. The Morgan fingerprint density at radius 2 is 1.78 bits per heavy atom. The summed E-state index contributed by atoms with van der Waals surface area (Å²) in [7, 11) is 1.60. The molecule has 2 fully saturated rings. The van der Waals surface area contributed by atoms with Crippen molar-refractivity contribution in [1.29, 1.82) is 0 Å². The molecule has 1 atom stereocenters. The summed E-state index contributed by atoms with van der Waals surface area (Å²) in [5, 5.41) is 2.94. The fraction of sp³-hybridized carbons (Fsp3) is 0.423. The molecule has 3 aliphatic rings. The number of carbonyl (C=O) groups excluding carboxylic acids is 3. The van der Waals surface area contributed by atoms with Gasteiger partial charge >= 0.3 is 0 Å². The summed E-state index contributed by atoms with van der Waals surface area (Å²) in [6.07, 6.45) is 0.233. The molecule has 36 heavy (non-hydrogen) atoms. The van der Waals surface area contributed by atoms with Gasteiger partial charge < -0.3 is 29.3 Å². The minimum atomic E-state index is -0.327. The lowest BCUT2D eigenvalue weighted by atomic mass is 10.1. The van der Waals surface area contributed by atoms with Gasteiger partial charge in [-0.25, -0.2) is 0 Å². The van der Waals surface area contributed by atoms with Gasteiger partial charge in [-0.2, -0.15) is 0 Å². The molecule has 0 aliphatic carbocycles. The molecular weight excluding hydrogens is 464 g/mol. The van der Waals surface area contributed by atoms with Crippen molar-refractivity contribution < 1.29 is 28.6 Å². The Morgan fingerprint density at radius 1 is 1.03 bits per heavy atom. The third-order valence-corrected chi connectivity index (χ3v) is 6.89. The lowest BCUT2D eigenvalue weighted by Gasteiger charge is -2.35. The molecule has 10 nitrogen and oxygen atoms in total. The van der Waals surface area contributed by atoms with Gasteiger partial charge in [-0.15, -0.1) is 0 Å². The molecule has 2 saturated heterocycles. The molecule has 1 N–H and O–H groups in total. The zero-order valence-corrected chi connectivity index (χ0v) is 20.3. The van der Waals surface area contributed by atoms with Gasteiger partial charge in [-0.05, 0) is 42.5 Å². The largest absolute Gasteiger partial charge is 0.497 e. The first-order valence-electron chi connectivity index (χ1n) is 12.2. The SMILES string of the molecule is COc1ccc(N2CC(C(=O)N3CCN(CCNC(=O)c4ccc5c(c4)OCO5)CC3)CC2=O)cc1. The normalized spacial score (nSPS) is 19.5. The van der Waals surface area contributed by atoms with E-state index in [9.17, 15) is 14.4 Å². The van der Waals surface area contributed by atoms with E-state index in [0.29, 0.717) is 49.8 Å². The Bertz CT molecular complexity index is 1130. The standard InChI is InChI=1S/C26H30N4O6/c1-34-21-5-3-20(4-6-21)30-16-19(15-24(30)31)26(33)29-12-10-28(11-13-29)9-8-27-25(32)18-2-7-22-23(14-18)36-17-35-22/h2-7,14,19H,8-13,15-17H2,1H3,(H,27,32). The van der Waals surface area contributed by atoms with Crippen molar-refractivity contribution in [3.8, 4) is 17.2 Å². The molecule has 0 saturated carbocycles. The van der Waals surface area contributed by atoms with Crippen LogP contribution in [0.2, 0.25) is 0 Å². The maximum absolute atomic E-state index is 13.1. The Morgan fingerprint density at radius 3 is 2.53 bits per heavy atom. The van der Waals surface area contributed by atoms with Gasteiger partial charge in [-0.1, -0.05) is 0 Å². The third-order valence-electron chi connectivity index (χ3n) is 6.89. The molecule has 3 aliphatic heterocycles. The highest BCUT2D eigenvalue weighted by Crippen LogP contribution is 2.32. The molecule has 2 aromatic carbocycles. The molecule has 10 heteroatoms. The van der Waals surface area contributed by atoms with Crippen LogP contribution in [0.3, 0.4) is 0 Å². The van der Waals surface area contributed by atoms with Crippen LogP contribution in [0.25, 0.3) is 0 Å². The topological polar surface area (TPSA) is 101 Å². The number of nitrogens with one attached hydrogen (secondary N) is 1. The highest BCUT2D eigenvalue weighted by atomic mass is 16.7. The number of hydrogen-bond donors (Lipinski definition) is 1. The minimum absolute atomic E-state index is 0.0321. The number of rotatable bonds is 7. The number of carbonyl (C=O) groups is 3. The third kappa shape index (κ3) is 5.08. The van der Waals surface area contributed by atoms with Crippen molar-refractivity contribution in [2.24, 2.45) is 5.92 Å². The number of benzene rings is 2. The molecular formula is C26H30N4O6. The maximum Gasteiger partial charge on any atom is 0.251 e. The van der Waals surface area contributed by atoms with Crippen LogP contribution in [-0.2, 0) is 9.59 Å². The number of amides is 3. The number of piperazine rings is 1. The van der Waals surface area contributed by atoms with E-state index < -0.39 is 0 Å². The van der Waals surface area contributed by atoms with Crippen LogP contribution in [0.1, 0.15) is 16.8 Å². The lowest BCUT2D eigenvalue weighted by molar-refractivity contribution is -0.137. The summed E-state index contributed by atoms with van der Waals surface area (Å²) >= 11 is 0. The second kappa shape index (κ2) is 10.4. The van der Waals surface area contributed by atoms with Gasteiger partial charge in [0.25, 0.3) is 5.91 Å². The Kier molecular flexibility index (Phi) is 6.95. The highest BCUT2D eigenvalue weighted by molar-refractivity contribution is 6.00. The maximum atomic E-state index is 13.1. The average Bonchev–Trinajstić information content (AvgIpc) is 3.54. The summed E-state index contributed by atoms with van der Waals surface area (Å²) in [6.45, 7) is 4.47. The molecule has 190 valence electrons. The molecule has 0 aromatic heterocycles. The van der Waals surface area contributed by atoms with Crippen molar-refractivity contribution in [3.63, 3.8) is 0 Å². The van der Waals surface area contributed by atoms with E-state index in [1.165, 1.54) is 0 Å². The van der Waals surface area contributed by atoms with E-state index >= 15 is 0 Å². The highest BCUT2D eigenvalue weighted by Gasteiger charge is 2.38. The van der Waals surface area contributed by atoms with Gasteiger partial charge in [0.2, 0.25) is 18.6 Å². The van der Waals surface area contributed by atoms with Gasteiger partial charge in [0, 0.05) is 63.5 Å². The fourth-order valence-electron chi connectivity index (χ4n) is 4.80. The van der Waals surface area contributed by atoms with E-state index in [1.807, 2.05) is 29.2 Å². The number of methoxy groups -OCH3 is 1. The van der Waals surface area contributed by atoms with Crippen LogP contribution in [0.5, 0.6) is 17.2 Å². The minimum Gasteiger partial charge on any atom is -0.497 e. The summed E-state index contributed by atoms with van der Waals surface area (Å²) in [4.78, 5) is 43.9. The van der Waals surface area contributed by atoms with E-state index in [2.05, 4.69) is 10.2 Å². The zero-order chi connectivity index (χ0) is 25.1. The predicted molar refractivity (Wildman–Crippen MR) is 131 cm³/mol. The zero-order valence-electron chi connectivity index (χ0n) is 20.3. The second-order valence-electron chi connectivity index (χ2n) is 9.09. The van der Waals surface area contributed by atoms with E-state index in [4.69, 9.17) is 14.2 Å². The van der Waals surface area contributed by atoms with E-state index in [-0.39, 0.29) is 36.9 Å². The molecule has 0 spiro atoms.